The number of carbonyl (C=O) groups excluding carboxylic acids is 2. The molecule has 0 spiro atoms. The van der Waals surface area contributed by atoms with Crippen molar-refractivity contribution in [3.63, 3.8) is 0 Å². The minimum Gasteiger partial charge on any atom is -0.466 e. The van der Waals surface area contributed by atoms with Crippen molar-refractivity contribution in [2.24, 2.45) is 5.41 Å². The lowest BCUT2D eigenvalue weighted by Crippen LogP contribution is -2.35. The predicted molar refractivity (Wildman–Crippen MR) is 67.6 cm³/mol. The number of unbranched alkanes of at least 4 members (excludes halogenated alkanes) is 1. The number of amides is 1. The maximum absolute atomic E-state index is 11.5. The van der Waals surface area contributed by atoms with Crippen molar-refractivity contribution in [2.75, 3.05) is 13.2 Å². The van der Waals surface area contributed by atoms with Gasteiger partial charge in [0.1, 0.15) is 0 Å². The normalized spacial score (nSPS) is 11.1. The highest BCUT2D eigenvalue weighted by atomic mass is 16.5. The van der Waals surface area contributed by atoms with Crippen LogP contribution in [0.2, 0.25) is 0 Å². The second-order valence-corrected chi connectivity index (χ2v) is 5.18. The molecule has 0 rings (SSSR count). The molecule has 1 N–H and O–H groups in total. The molecule has 0 bridgehead atoms. The molecule has 0 aliphatic heterocycles. The summed E-state index contributed by atoms with van der Waals surface area (Å²) in [6, 6.07) is 0. The van der Waals surface area contributed by atoms with Gasteiger partial charge in [-0.3, -0.25) is 9.59 Å². The molecule has 1 amide bonds. The van der Waals surface area contributed by atoms with Crippen molar-refractivity contribution in [1.82, 2.24) is 5.32 Å². The largest absolute Gasteiger partial charge is 0.466 e. The van der Waals surface area contributed by atoms with E-state index in [9.17, 15) is 9.59 Å². The Bertz CT molecular complexity index is 244. The Morgan fingerprint density at radius 3 is 2.35 bits per heavy atom. The molecule has 0 aromatic rings. The molecule has 0 atom stereocenters. The van der Waals surface area contributed by atoms with E-state index in [0.29, 0.717) is 26.0 Å². The lowest BCUT2D eigenvalue weighted by molar-refractivity contribution is -0.144. The fourth-order valence-corrected chi connectivity index (χ4v) is 1.10. The molecule has 0 saturated carbocycles. The predicted octanol–water partition coefficient (Wildman–Crippen LogP) is 2.27. The van der Waals surface area contributed by atoms with Gasteiger partial charge in [0.15, 0.2) is 0 Å². The number of rotatable bonds is 7. The second-order valence-electron chi connectivity index (χ2n) is 5.18. The summed E-state index contributed by atoms with van der Waals surface area (Å²) in [5, 5.41) is 2.80. The first-order valence-electron chi connectivity index (χ1n) is 6.32. The molecule has 0 aromatic heterocycles. The summed E-state index contributed by atoms with van der Waals surface area (Å²) >= 11 is 0. The van der Waals surface area contributed by atoms with Crippen LogP contribution in [0.25, 0.3) is 0 Å². The lowest BCUT2D eigenvalue weighted by Gasteiger charge is -2.17. The van der Waals surface area contributed by atoms with E-state index in [1.54, 1.807) is 0 Å². The fraction of sp³-hybridized carbons (Fsp3) is 0.846. The van der Waals surface area contributed by atoms with Gasteiger partial charge >= 0.3 is 5.97 Å². The van der Waals surface area contributed by atoms with Gasteiger partial charge in [0.2, 0.25) is 5.91 Å². The number of ether oxygens (including phenoxy) is 1. The van der Waals surface area contributed by atoms with Gasteiger partial charge in [-0.1, -0.05) is 34.1 Å². The average Bonchev–Trinajstić information content (AvgIpc) is 2.23. The van der Waals surface area contributed by atoms with Gasteiger partial charge in [-0.25, -0.2) is 0 Å². The summed E-state index contributed by atoms with van der Waals surface area (Å²) in [5.41, 5.74) is -0.373. The van der Waals surface area contributed by atoms with Crippen molar-refractivity contribution in [2.45, 2.75) is 53.4 Å². The van der Waals surface area contributed by atoms with Crippen molar-refractivity contribution in [1.29, 1.82) is 0 Å². The Kier molecular flexibility index (Phi) is 7.59. The smallest absolute Gasteiger partial charge is 0.305 e. The molecule has 0 radical (unpaired) electrons. The lowest BCUT2D eigenvalue weighted by atomic mass is 9.96. The monoisotopic (exact) mass is 243 g/mol. The van der Waals surface area contributed by atoms with Crippen molar-refractivity contribution >= 4 is 11.9 Å². The van der Waals surface area contributed by atoms with Crippen molar-refractivity contribution in [3.05, 3.63) is 0 Å². The number of esters is 1. The highest BCUT2D eigenvalue weighted by molar-refractivity contribution is 5.81. The van der Waals surface area contributed by atoms with E-state index in [2.05, 4.69) is 12.2 Å². The summed E-state index contributed by atoms with van der Waals surface area (Å²) in [6.45, 7) is 8.67. The Balaban J connectivity index is 3.51. The van der Waals surface area contributed by atoms with Crippen molar-refractivity contribution < 1.29 is 14.3 Å². The Morgan fingerprint density at radius 2 is 1.82 bits per heavy atom. The summed E-state index contributed by atoms with van der Waals surface area (Å²) < 4.78 is 5.01. The highest BCUT2D eigenvalue weighted by Crippen LogP contribution is 2.12. The molecule has 100 valence electrons. The van der Waals surface area contributed by atoms with Crippen LogP contribution in [0, 0.1) is 5.41 Å². The number of hydrogen-bond acceptors (Lipinski definition) is 3. The van der Waals surface area contributed by atoms with E-state index < -0.39 is 0 Å². The van der Waals surface area contributed by atoms with Gasteiger partial charge < -0.3 is 10.1 Å². The summed E-state index contributed by atoms with van der Waals surface area (Å²) in [4.78, 5) is 22.7. The fourth-order valence-electron chi connectivity index (χ4n) is 1.10. The van der Waals surface area contributed by atoms with Gasteiger partial charge in [0.05, 0.1) is 6.61 Å². The molecule has 0 heterocycles. The Morgan fingerprint density at radius 1 is 1.18 bits per heavy atom. The number of nitrogens with one attached hydrogen (secondary N) is 1. The van der Waals surface area contributed by atoms with Crippen LogP contribution in [-0.2, 0) is 14.3 Å². The molecular weight excluding hydrogens is 218 g/mol. The molecular formula is C13H25NO3. The van der Waals surface area contributed by atoms with E-state index in [0.717, 1.165) is 12.8 Å². The molecule has 0 saturated heterocycles. The minimum atomic E-state index is -0.373. The summed E-state index contributed by atoms with van der Waals surface area (Å²) in [6.07, 6.45) is 2.93. The molecule has 4 nitrogen and oxygen atoms in total. The molecule has 0 aliphatic carbocycles. The average molecular weight is 243 g/mol. The van der Waals surface area contributed by atoms with E-state index in [4.69, 9.17) is 4.74 Å². The minimum absolute atomic E-state index is 0.0110. The third-order valence-electron chi connectivity index (χ3n) is 2.29. The zero-order valence-electron chi connectivity index (χ0n) is 11.5. The van der Waals surface area contributed by atoms with Crippen LogP contribution in [0.3, 0.4) is 0 Å². The van der Waals surface area contributed by atoms with Crippen LogP contribution >= 0.6 is 0 Å². The third-order valence-corrected chi connectivity index (χ3v) is 2.29. The van der Waals surface area contributed by atoms with Crippen molar-refractivity contribution in [3.8, 4) is 0 Å². The molecule has 0 aromatic carbocycles. The van der Waals surface area contributed by atoms with Gasteiger partial charge in [-0.05, 0) is 12.8 Å². The molecule has 0 aliphatic rings. The van der Waals surface area contributed by atoms with E-state index >= 15 is 0 Å². The SMILES string of the molecule is CCCCOC(=O)CCCNC(=O)C(C)(C)C. The van der Waals surface area contributed by atoms with Crippen LogP contribution < -0.4 is 5.32 Å². The standard InChI is InChI=1S/C13H25NO3/c1-5-6-10-17-11(15)8-7-9-14-12(16)13(2,3)4/h5-10H2,1-4H3,(H,14,16). The van der Waals surface area contributed by atoms with Gasteiger partial charge in [-0.2, -0.15) is 0 Å². The third kappa shape index (κ3) is 8.72. The van der Waals surface area contributed by atoms with E-state index in [1.165, 1.54) is 0 Å². The molecule has 0 fully saturated rings. The molecule has 17 heavy (non-hydrogen) atoms. The Hall–Kier alpha value is -1.06. The zero-order chi connectivity index (χ0) is 13.3. The zero-order valence-corrected chi connectivity index (χ0v) is 11.5. The first-order chi connectivity index (χ1) is 7.88. The van der Waals surface area contributed by atoms with Gasteiger partial charge in [0, 0.05) is 18.4 Å². The quantitative estimate of drug-likeness (QED) is 0.551. The van der Waals surface area contributed by atoms with Crippen LogP contribution in [-0.4, -0.2) is 25.0 Å². The second kappa shape index (κ2) is 8.09. The Labute approximate surface area is 104 Å². The van der Waals surface area contributed by atoms with Gasteiger partial charge in [0.25, 0.3) is 0 Å². The van der Waals surface area contributed by atoms with Crippen LogP contribution in [0.4, 0.5) is 0 Å². The molecule has 0 unspecified atom stereocenters. The van der Waals surface area contributed by atoms with Crippen LogP contribution in [0.1, 0.15) is 53.4 Å². The number of carbonyl (C=O) groups is 2. The summed E-state index contributed by atoms with van der Waals surface area (Å²) in [5.74, 6) is -0.166. The maximum atomic E-state index is 11.5. The van der Waals surface area contributed by atoms with Gasteiger partial charge in [-0.15, -0.1) is 0 Å². The first-order valence-corrected chi connectivity index (χ1v) is 6.32. The highest BCUT2D eigenvalue weighted by Gasteiger charge is 2.20. The maximum Gasteiger partial charge on any atom is 0.305 e. The summed E-state index contributed by atoms with van der Waals surface area (Å²) in [7, 11) is 0. The van der Waals surface area contributed by atoms with Crippen LogP contribution in [0.15, 0.2) is 0 Å². The first kappa shape index (κ1) is 15.9. The topological polar surface area (TPSA) is 55.4 Å². The molecule has 4 heteroatoms. The van der Waals surface area contributed by atoms with Crippen LogP contribution in [0.5, 0.6) is 0 Å². The van der Waals surface area contributed by atoms with E-state index in [-0.39, 0.29) is 17.3 Å². The number of hydrogen-bond donors (Lipinski definition) is 1. The van der Waals surface area contributed by atoms with E-state index in [1.807, 2.05) is 20.8 Å².